The average Bonchev–Trinajstić information content (AvgIpc) is 2.50. The van der Waals surface area contributed by atoms with Gasteiger partial charge in [0.25, 0.3) is 0 Å². The maximum atomic E-state index is 13.4. The number of hydrogen-bond acceptors (Lipinski definition) is 3. The van der Waals surface area contributed by atoms with Crippen molar-refractivity contribution in [3.63, 3.8) is 0 Å². The molecule has 118 valence electrons. The lowest BCUT2D eigenvalue weighted by Crippen LogP contribution is -2.43. The number of likely N-dealkylation sites (tertiary alicyclic amines) is 1. The number of aliphatic hydroxyl groups excluding tert-OH is 1. The van der Waals surface area contributed by atoms with E-state index in [9.17, 15) is 4.39 Å². The van der Waals surface area contributed by atoms with E-state index in [1.807, 2.05) is 6.07 Å². The SMILES string of the molecule is CN(CCCO)C1CCN(Cc2cccc(F)c2Cl)CC1. The van der Waals surface area contributed by atoms with Gasteiger partial charge in [0.1, 0.15) is 5.82 Å². The zero-order valence-corrected chi connectivity index (χ0v) is 13.3. The maximum Gasteiger partial charge on any atom is 0.142 e. The Kier molecular flexibility index (Phi) is 6.42. The Labute approximate surface area is 131 Å². The van der Waals surface area contributed by atoms with E-state index in [4.69, 9.17) is 16.7 Å². The van der Waals surface area contributed by atoms with Crippen LogP contribution < -0.4 is 0 Å². The molecule has 1 aliphatic rings. The van der Waals surface area contributed by atoms with Gasteiger partial charge in [-0.1, -0.05) is 23.7 Å². The van der Waals surface area contributed by atoms with Crippen LogP contribution >= 0.6 is 11.6 Å². The van der Waals surface area contributed by atoms with Gasteiger partial charge in [-0.3, -0.25) is 4.90 Å². The summed E-state index contributed by atoms with van der Waals surface area (Å²) in [4.78, 5) is 4.67. The normalized spacial score (nSPS) is 17.6. The fraction of sp³-hybridized carbons (Fsp3) is 0.625. The fourth-order valence-electron chi connectivity index (χ4n) is 2.93. The van der Waals surface area contributed by atoms with Crippen LogP contribution in [0.3, 0.4) is 0 Å². The fourth-order valence-corrected chi connectivity index (χ4v) is 3.12. The highest BCUT2D eigenvalue weighted by molar-refractivity contribution is 6.31. The molecule has 2 rings (SSSR count). The third-order valence-electron chi connectivity index (χ3n) is 4.27. The molecular formula is C16H24ClFN2O. The van der Waals surface area contributed by atoms with Gasteiger partial charge >= 0.3 is 0 Å². The van der Waals surface area contributed by atoms with E-state index in [1.165, 1.54) is 6.07 Å². The minimum absolute atomic E-state index is 0.250. The predicted octanol–water partition coefficient (Wildman–Crippen LogP) is 2.76. The van der Waals surface area contributed by atoms with Crippen LogP contribution in [0.2, 0.25) is 5.02 Å². The Morgan fingerprint density at radius 1 is 1.38 bits per heavy atom. The standard InChI is InChI=1S/C16H24ClFN2O/c1-19(8-3-11-21)14-6-9-20(10-7-14)12-13-4-2-5-15(18)16(13)17/h2,4-5,14,21H,3,6-12H2,1H3. The molecule has 1 heterocycles. The van der Waals surface area contributed by atoms with E-state index >= 15 is 0 Å². The minimum atomic E-state index is -0.340. The summed E-state index contributed by atoms with van der Waals surface area (Å²) in [6.07, 6.45) is 3.04. The first-order valence-electron chi connectivity index (χ1n) is 7.58. The molecule has 0 aromatic heterocycles. The minimum Gasteiger partial charge on any atom is -0.396 e. The third-order valence-corrected chi connectivity index (χ3v) is 4.70. The summed E-state index contributed by atoms with van der Waals surface area (Å²) >= 11 is 6.02. The Balaban J connectivity index is 1.83. The molecule has 3 nitrogen and oxygen atoms in total. The second-order valence-electron chi connectivity index (χ2n) is 5.78. The molecule has 0 saturated carbocycles. The van der Waals surface area contributed by atoms with E-state index < -0.39 is 0 Å². The van der Waals surface area contributed by atoms with E-state index in [-0.39, 0.29) is 17.4 Å². The van der Waals surface area contributed by atoms with Crippen LogP contribution in [-0.2, 0) is 6.54 Å². The van der Waals surface area contributed by atoms with Crippen molar-refractivity contribution in [1.29, 1.82) is 0 Å². The van der Waals surface area contributed by atoms with Crippen molar-refractivity contribution >= 4 is 11.6 Å². The third kappa shape index (κ3) is 4.65. The van der Waals surface area contributed by atoms with Gasteiger partial charge in [0, 0.05) is 25.7 Å². The van der Waals surface area contributed by atoms with Gasteiger partial charge in [-0.15, -0.1) is 0 Å². The lowest BCUT2D eigenvalue weighted by Gasteiger charge is -2.36. The summed E-state index contributed by atoms with van der Waals surface area (Å²) in [6, 6.07) is 5.58. The van der Waals surface area contributed by atoms with E-state index in [1.54, 1.807) is 6.07 Å². The smallest absolute Gasteiger partial charge is 0.142 e. The highest BCUT2D eigenvalue weighted by Gasteiger charge is 2.22. The van der Waals surface area contributed by atoms with Crippen molar-refractivity contribution in [3.05, 3.63) is 34.6 Å². The summed E-state index contributed by atoms with van der Waals surface area (Å²) in [5.74, 6) is -0.340. The molecule has 0 radical (unpaired) electrons. The number of aliphatic hydroxyl groups is 1. The zero-order chi connectivity index (χ0) is 15.2. The Morgan fingerprint density at radius 2 is 2.10 bits per heavy atom. The number of hydrogen-bond donors (Lipinski definition) is 1. The number of piperidine rings is 1. The first-order chi connectivity index (χ1) is 10.1. The van der Waals surface area contributed by atoms with E-state index in [0.717, 1.165) is 44.5 Å². The molecule has 1 aromatic rings. The van der Waals surface area contributed by atoms with Crippen LogP contribution in [0, 0.1) is 5.82 Å². The van der Waals surface area contributed by atoms with Crippen molar-refractivity contribution < 1.29 is 9.50 Å². The number of nitrogens with zero attached hydrogens (tertiary/aromatic N) is 2. The number of halogens is 2. The molecule has 1 aromatic carbocycles. The quantitative estimate of drug-likeness (QED) is 0.874. The molecule has 1 N–H and O–H groups in total. The Hall–Kier alpha value is -0.680. The van der Waals surface area contributed by atoms with Crippen LogP contribution in [0.25, 0.3) is 0 Å². The molecule has 1 fully saturated rings. The van der Waals surface area contributed by atoms with Crippen LogP contribution in [0.15, 0.2) is 18.2 Å². The first-order valence-corrected chi connectivity index (χ1v) is 7.96. The molecule has 0 bridgehead atoms. The van der Waals surface area contributed by atoms with Crippen LogP contribution in [0.1, 0.15) is 24.8 Å². The molecule has 21 heavy (non-hydrogen) atoms. The van der Waals surface area contributed by atoms with Gasteiger partial charge in [-0.2, -0.15) is 0 Å². The lowest BCUT2D eigenvalue weighted by molar-refractivity contribution is 0.117. The summed E-state index contributed by atoms with van der Waals surface area (Å²) in [7, 11) is 2.12. The highest BCUT2D eigenvalue weighted by atomic mass is 35.5. The van der Waals surface area contributed by atoms with Crippen molar-refractivity contribution in [2.75, 3.05) is 33.3 Å². The monoisotopic (exact) mass is 314 g/mol. The van der Waals surface area contributed by atoms with Crippen LogP contribution in [-0.4, -0.2) is 54.2 Å². The van der Waals surface area contributed by atoms with E-state index in [2.05, 4.69) is 16.8 Å². The molecule has 1 aliphatic heterocycles. The van der Waals surface area contributed by atoms with Crippen LogP contribution in [0.5, 0.6) is 0 Å². The Bertz CT molecular complexity index is 450. The molecule has 0 spiro atoms. The van der Waals surface area contributed by atoms with Gasteiger partial charge in [0.15, 0.2) is 0 Å². The summed E-state index contributed by atoms with van der Waals surface area (Å²) in [5, 5.41) is 9.14. The van der Waals surface area contributed by atoms with Gasteiger partial charge < -0.3 is 10.0 Å². The molecule has 0 aliphatic carbocycles. The second kappa shape index (κ2) is 8.08. The maximum absolute atomic E-state index is 13.4. The summed E-state index contributed by atoms with van der Waals surface area (Å²) in [5.41, 5.74) is 0.865. The molecule has 5 heteroatoms. The van der Waals surface area contributed by atoms with Crippen molar-refractivity contribution in [1.82, 2.24) is 9.80 Å². The molecular weight excluding hydrogens is 291 g/mol. The number of benzene rings is 1. The molecule has 0 atom stereocenters. The second-order valence-corrected chi connectivity index (χ2v) is 6.16. The van der Waals surface area contributed by atoms with Crippen molar-refractivity contribution in [2.45, 2.75) is 31.8 Å². The zero-order valence-electron chi connectivity index (χ0n) is 12.6. The Morgan fingerprint density at radius 3 is 2.76 bits per heavy atom. The topological polar surface area (TPSA) is 26.7 Å². The largest absolute Gasteiger partial charge is 0.396 e. The summed E-state index contributed by atoms with van der Waals surface area (Å²) in [6.45, 7) is 3.91. The first kappa shape index (κ1) is 16.7. The lowest BCUT2D eigenvalue weighted by atomic mass is 10.0. The number of rotatable bonds is 6. The van der Waals surface area contributed by atoms with Gasteiger partial charge in [0.05, 0.1) is 5.02 Å². The van der Waals surface area contributed by atoms with Gasteiger partial charge in [-0.25, -0.2) is 4.39 Å². The molecule has 0 unspecified atom stereocenters. The van der Waals surface area contributed by atoms with Gasteiger partial charge in [-0.05, 0) is 51.0 Å². The summed E-state index contributed by atoms with van der Waals surface area (Å²) < 4.78 is 13.4. The molecule has 0 amide bonds. The van der Waals surface area contributed by atoms with Crippen molar-refractivity contribution in [2.24, 2.45) is 0 Å². The van der Waals surface area contributed by atoms with Gasteiger partial charge in [0.2, 0.25) is 0 Å². The average molecular weight is 315 g/mol. The molecule has 1 saturated heterocycles. The predicted molar refractivity (Wildman–Crippen MR) is 84.0 cm³/mol. The van der Waals surface area contributed by atoms with E-state index in [0.29, 0.717) is 12.6 Å². The highest BCUT2D eigenvalue weighted by Crippen LogP contribution is 2.23. The van der Waals surface area contributed by atoms with Crippen LogP contribution in [0.4, 0.5) is 4.39 Å². The van der Waals surface area contributed by atoms with Crippen molar-refractivity contribution in [3.8, 4) is 0 Å².